The van der Waals surface area contributed by atoms with Crippen molar-refractivity contribution in [1.29, 1.82) is 0 Å². The van der Waals surface area contributed by atoms with Crippen molar-refractivity contribution in [1.82, 2.24) is 9.80 Å². The maximum atomic E-state index is 8.39. The van der Waals surface area contributed by atoms with Crippen molar-refractivity contribution in [3.63, 3.8) is 0 Å². The average Bonchev–Trinajstić information content (AvgIpc) is 2.67. The van der Waals surface area contributed by atoms with E-state index in [9.17, 15) is 0 Å². The number of hydrogen-bond acceptors (Lipinski definition) is 4. The van der Waals surface area contributed by atoms with Crippen molar-refractivity contribution in [3.05, 3.63) is 0 Å². The molecule has 1 heterocycles. The first-order valence-electron chi connectivity index (χ1n) is 5.09. The number of oxime groups is 1. The predicted molar refractivity (Wildman–Crippen MR) is 56.6 cm³/mol. The first-order chi connectivity index (χ1) is 6.72. The number of nitrogens with zero attached hydrogens (tertiary/aromatic N) is 3. The topological polar surface area (TPSA) is 65.1 Å². The van der Waals surface area contributed by atoms with Crippen LogP contribution in [0.2, 0.25) is 0 Å². The van der Waals surface area contributed by atoms with Gasteiger partial charge in [-0.25, -0.2) is 0 Å². The van der Waals surface area contributed by atoms with Gasteiger partial charge in [0.15, 0.2) is 5.84 Å². The van der Waals surface area contributed by atoms with Crippen molar-refractivity contribution in [3.8, 4) is 0 Å². The van der Waals surface area contributed by atoms with E-state index in [1.807, 2.05) is 7.05 Å². The Morgan fingerprint density at radius 2 is 2.14 bits per heavy atom. The number of likely N-dealkylation sites (tertiary alicyclic amines) is 1. The molecule has 1 rings (SSSR count). The zero-order valence-corrected chi connectivity index (χ0v) is 8.82. The first kappa shape index (κ1) is 11.3. The fourth-order valence-electron chi connectivity index (χ4n) is 1.71. The van der Waals surface area contributed by atoms with E-state index in [2.05, 4.69) is 15.0 Å². The van der Waals surface area contributed by atoms with Gasteiger partial charge < -0.3 is 15.8 Å². The van der Waals surface area contributed by atoms with Crippen LogP contribution in [0, 0.1) is 0 Å². The van der Waals surface area contributed by atoms with E-state index < -0.39 is 0 Å². The molecule has 0 amide bonds. The number of nitrogens with two attached hydrogens (primary N) is 1. The smallest absolute Gasteiger partial charge is 0.153 e. The molecule has 0 spiro atoms. The fourth-order valence-corrected chi connectivity index (χ4v) is 1.71. The second-order valence-electron chi connectivity index (χ2n) is 3.88. The molecule has 5 nitrogen and oxygen atoms in total. The third-order valence-electron chi connectivity index (χ3n) is 2.56. The molecule has 1 fully saturated rings. The minimum absolute atomic E-state index is 0.272. The summed E-state index contributed by atoms with van der Waals surface area (Å²) in [7, 11) is 1.98. The summed E-state index contributed by atoms with van der Waals surface area (Å²) in [5.74, 6) is 0.272. The lowest BCUT2D eigenvalue weighted by atomic mass is 10.4. The van der Waals surface area contributed by atoms with Crippen LogP contribution in [0.1, 0.15) is 12.8 Å². The van der Waals surface area contributed by atoms with Crippen LogP contribution in [0.4, 0.5) is 0 Å². The molecule has 82 valence electrons. The Morgan fingerprint density at radius 1 is 1.50 bits per heavy atom. The van der Waals surface area contributed by atoms with Gasteiger partial charge in [-0.05, 0) is 33.0 Å². The van der Waals surface area contributed by atoms with Crippen molar-refractivity contribution < 1.29 is 5.21 Å². The highest BCUT2D eigenvalue weighted by molar-refractivity contribution is 5.81. The summed E-state index contributed by atoms with van der Waals surface area (Å²) < 4.78 is 0. The normalized spacial score (nSPS) is 19.4. The highest BCUT2D eigenvalue weighted by Crippen LogP contribution is 2.06. The Kier molecular flexibility index (Phi) is 4.69. The van der Waals surface area contributed by atoms with Crippen LogP contribution in [0.5, 0.6) is 0 Å². The van der Waals surface area contributed by atoms with Crippen LogP contribution in [0.25, 0.3) is 0 Å². The second kappa shape index (κ2) is 5.82. The molecular formula is C9H20N4O. The van der Waals surface area contributed by atoms with E-state index in [1.165, 1.54) is 25.9 Å². The molecule has 5 heteroatoms. The third-order valence-corrected chi connectivity index (χ3v) is 2.56. The fraction of sp³-hybridized carbons (Fsp3) is 0.889. The zero-order chi connectivity index (χ0) is 10.4. The molecular weight excluding hydrogens is 180 g/mol. The Labute approximate surface area is 85.2 Å². The highest BCUT2D eigenvalue weighted by atomic mass is 16.4. The second-order valence-corrected chi connectivity index (χ2v) is 3.88. The van der Waals surface area contributed by atoms with Gasteiger partial charge >= 0.3 is 0 Å². The van der Waals surface area contributed by atoms with Gasteiger partial charge in [0.1, 0.15) is 0 Å². The Hall–Kier alpha value is -0.810. The van der Waals surface area contributed by atoms with Crippen molar-refractivity contribution in [2.45, 2.75) is 12.8 Å². The average molecular weight is 200 g/mol. The summed E-state index contributed by atoms with van der Waals surface area (Å²) in [5, 5.41) is 11.3. The first-order valence-corrected chi connectivity index (χ1v) is 5.09. The minimum atomic E-state index is 0.272. The monoisotopic (exact) mass is 200 g/mol. The molecule has 0 radical (unpaired) electrons. The van der Waals surface area contributed by atoms with Crippen LogP contribution in [-0.2, 0) is 0 Å². The van der Waals surface area contributed by atoms with Gasteiger partial charge in [0.25, 0.3) is 0 Å². The number of likely N-dealkylation sites (N-methyl/N-ethyl adjacent to an activating group) is 1. The van der Waals surface area contributed by atoms with Crippen LogP contribution in [-0.4, -0.2) is 60.6 Å². The molecule has 0 aliphatic carbocycles. The van der Waals surface area contributed by atoms with Crippen molar-refractivity contribution in [2.75, 3.05) is 39.8 Å². The van der Waals surface area contributed by atoms with Gasteiger partial charge in [0, 0.05) is 13.1 Å². The van der Waals surface area contributed by atoms with Gasteiger partial charge in [-0.15, -0.1) is 0 Å². The minimum Gasteiger partial charge on any atom is -0.409 e. The maximum absolute atomic E-state index is 8.39. The van der Waals surface area contributed by atoms with E-state index in [4.69, 9.17) is 10.9 Å². The molecule has 1 aliphatic heterocycles. The summed E-state index contributed by atoms with van der Waals surface area (Å²) >= 11 is 0. The van der Waals surface area contributed by atoms with Gasteiger partial charge in [-0.3, -0.25) is 4.90 Å². The zero-order valence-electron chi connectivity index (χ0n) is 8.82. The summed E-state index contributed by atoms with van der Waals surface area (Å²) in [6.07, 6.45) is 2.65. The van der Waals surface area contributed by atoms with Crippen LogP contribution in [0.3, 0.4) is 0 Å². The Balaban J connectivity index is 2.10. The van der Waals surface area contributed by atoms with Gasteiger partial charge in [0.2, 0.25) is 0 Å². The molecule has 0 aromatic rings. The number of rotatable bonds is 5. The molecule has 0 saturated carbocycles. The lowest BCUT2D eigenvalue weighted by Gasteiger charge is -2.20. The number of hydrogen-bond donors (Lipinski definition) is 2. The molecule has 3 N–H and O–H groups in total. The molecule has 0 aromatic heterocycles. The summed E-state index contributed by atoms with van der Waals surface area (Å²) in [6.45, 7) is 5.02. The van der Waals surface area contributed by atoms with Crippen LogP contribution < -0.4 is 5.73 Å². The van der Waals surface area contributed by atoms with E-state index in [0.29, 0.717) is 6.54 Å². The predicted octanol–water partition coefficient (Wildman–Crippen LogP) is -0.240. The number of amidine groups is 1. The van der Waals surface area contributed by atoms with E-state index in [1.54, 1.807) is 0 Å². The van der Waals surface area contributed by atoms with E-state index in [0.717, 1.165) is 13.1 Å². The van der Waals surface area contributed by atoms with E-state index in [-0.39, 0.29) is 5.84 Å². The molecule has 1 aliphatic rings. The van der Waals surface area contributed by atoms with Crippen LogP contribution in [0.15, 0.2) is 5.16 Å². The highest BCUT2D eigenvalue weighted by Gasteiger charge is 2.11. The van der Waals surface area contributed by atoms with Gasteiger partial charge in [-0.2, -0.15) is 0 Å². The SMILES string of the molecule is CN(CCN1CCCC1)CC(N)=NO. The lowest BCUT2D eigenvalue weighted by Crippen LogP contribution is -2.36. The summed E-state index contributed by atoms with van der Waals surface area (Å²) in [4.78, 5) is 4.51. The van der Waals surface area contributed by atoms with Gasteiger partial charge in [0.05, 0.1) is 6.54 Å². The van der Waals surface area contributed by atoms with Crippen molar-refractivity contribution in [2.24, 2.45) is 10.9 Å². The quantitative estimate of drug-likeness (QED) is 0.278. The van der Waals surface area contributed by atoms with E-state index >= 15 is 0 Å². The molecule has 0 bridgehead atoms. The summed E-state index contributed by atoms with van der Waals surface area (Å²) in [5.41, 5.74) is 5.40. The maximum Gasteiger partial charge on any atom is 0.153 e. The molecule has 1 saturated heterocycles. The molecule has 0 unspecified atom stereocenters. The van der Waals surface area contributed by atoms with Crippen LogP contribution >= 0.6 is 0 Å². The van der Waals surface area contributed by atoms with Gasteiger partial charge in [-0.1, -0.05) is 5.16 Å². The standard InChI is InChI=1S/C9H20N4O/c1-12(8-9(10)11-14)6-7-13-4-2-3-5-13/h14H,2-8H2,1H3,(H2,10,11). The largest absolute Gasteiger partial charge is 0.409 e. The third kappa shape index (κ3) is 3.93. The Bertz CT molecular complexity index is 189. The lowest BCUT2D eigenvalue weighted by molar-refractivity contribution is 0.269. The van der Waals surface area contributed by atoms with Crippen molar-refractivity contribution >= 4 is 5.84 Å². The molecule has 0 aromatic carbocycles. The molecule has 14 heavy (non-hydrogen) atoms. The molecule has 0 atom stereocenters. The Morgan fingerprint density at radius 3 is 2.71 bits per heavy atom. The summed E-state index contributed by atoms with van der Waals surface area (Å²) in [6, 6.07) is 0.